The van der Waals surface area contributed by atoms with Crippen LogP contribution in [0.1, 0.15) is 52.9 Å². The Balaban J connectivity index is 1.41. The lowest BCUT2D eigenvalue weighted by Crippen LogP contribution is -2.61. The molecule has 0 radical (unpaired) electrons. The largest absolute Gasteiger partial charge is 0.444 e. The molecular formula is C15H23NO3. The van der Waals surface area contributed by atoms with Crippen LogP contribution in [0.5, 0.6) is 0 Å². The van der Waals surface area contributed by atoms with Gasteiger partial charge in [0.1, 0.15) is 11.4 Å². The van der Waals surface area contributed by atoms with Gasteiger partial charge in [-0.05, 0) is 58.8 Å². The van der Waals surface area contributed by atoms with E-state index in [1.807, 2.05) is 20.8 Å². The number of hydrogen-bond donors (Lipinski definition) is 1. The van der Waals surface area contributed by atoms with E-state index in [4.69, 9.17) is 4.74 Å². The molecule has 106 valence electrons. The average molecular weight is 265 g/mol. The zero-order valence-electron chi connectivity index (χ0n) is 12.0. The monoisotopic (exact) mass is 265 g/mol. The summed E-state index contributed by atoms with van der Waals surface area (Å²) >= 11 is 0. The smallest absolute Gasteiger partial charge is 0.407 e. The van der Waals surface area contributed by atoms with E-state index in [9.17, 15) is 9.59 Å². The summed E-state index contributed by atoms with van der Waals surface area (Å²) in [5.41, 5.74) is -0.388. The summed E-state index contributed by atoms with van der Waals surface area (Å²) in [6.45, 7) is 5.55. The minimum Gasteiger partial charge on any atom is -0.444 e. The fourth-order valence-electron chi connectivity index (χ4n) is 3.64. The molecule has 0 aromatic heterocycles. The van der Waals surface area contributed by atoms with Gasteiger partial charge in [-0.15, -0.1) is 0 Å². The van der Waals surface area contributed by atoms with Gasteiger partial charge in [0.2, 0.25) is 0 Å². The highest BCUT2D eigenvalue weighted by Crippen LogP contribution is 2.66. The van der Waals surface area contributed by atoms with E-state index in [2.05, 4.69) is 5.32 Å². The molecule has 4 aliphatic rings. The molecule has 4 saturated carbocycles. The Morgan fingerprint density at radius 2 is 1.74 bits per heavy atom. The number of carbonyl (C=O) groups is 2. The zero-order chi connectivity index (χ0) is 13.8. The Bertz CT molecular complexity index is 401. The second-order valence-electron chi connectivity index (χ2n) is 7.63. The van der Waals surface area contributed by atoms with Gasteiger partial charge in [-0.25, -0.2) is 4.79 Å². The van der Waals surface area contributed by atoms with Crippen molar-refractivity contribution in [2.45, 2.75) is 64.5 Å². The molecule has 4 fully saturated rings. The van der Waals surface area contributed by atoms with E-state index in [0.717, 1.165) is 38.0 Å². The highest BCUT2D eigenvalue weighted by Gasteiger charge is 2.62. The first-order valence-electron chi connectivity index (χ1n) is 7.31. The van der Waals surface area contributed by atoms with Crippen LogP contribution in [0.3, 0.4) is 0 Å². The molecule has 4 aliphatic carbocycles. The van der Waals surface area contributed by atoms with Crippen LogP contribution in [-0.4, -0.2) is 23.5 Å². The standard InChI is InChI=1S/C15H23NO3/c1-14(2,3)19-13(18)16-11-4-10(5-11)12(17)15-6-9(7-15)8-15/h9-11H,4-8H2,1-3H3,(H,16,18). The Morgan fingerprint density at radius 3 is 2.16 bits per heavy atom. The molecule has 19 heavy (non-hydrogen) atoms. The highest BCUT2D eigenvalue weighted by molar-refractivity contribution is 5.90. The summed E-state index contributed by atoms with van der Waals surface area (Å²) in [6, 6.07) is 0.121. The molecule has 1 N–H and O–H groups in total. The number of nitrogens with one attached hydrogen (secondary N) is 1. The van der Waals surface area contributed by atoms with Gasteiger partial charge in [0, 0.05) is 17.4 Å². The zero-order valence-corrected chi connectivity index (χ0v) is 12.0. The summed E-state index contributed by atoms with van der Waals surface area (Å²) in [5.74, 6) is 1.50. The number of amides is 1. The van der Waals surface area contributed by atoms with Crippen molar-refractivity contribution >= 4 is 11.9 Å². The molecule has 0 aliphatic heterocycles. The highest BCUT2D eigenvalue weighted by atomic mass is 16.6. The molecule has 0 spiro atoms. The predicted molar refractivity (Wildman–Crippen MR) is 70.7 cm³/mol. The topological polar surface area (TPSA) is 55.4 Å². The van der Waals surface area contributed by atoms with Crippen LogP contribution in [0.15, 0.2) is 0 Å². The molecule has 0 unspecified atom stereocenters. The van der Waals surface area contributed by atoms with Crippen LogP contribution in [0.25, 0.3) is 0 Å². The van der Waals surface area contributed by atoms with Gasteiger partial charge in [0.05, 0.1) is 0 Å². The van der Waals surface area contributed by atoms with E-state index in [0.29, 0.717) is 5.78 Å². The van der Waals surface area contributed by atoms with Crippen LogP contribution < -0.4 is 5.32 Å². The summed E-state index contributed by atoms with van der Waals surface area (Å²) < 4.78 is 5.21. The number of Topliss-reactive ketones (excluding diaryl/α,β-unsaturated/α-hetero) is 1. The lowest BCUT2D eigenvalue weighted by molar-refractivity contribution is -0.170. The van der Waals surface area contributed by atoms with Crippen molar-refractivity contribution in [3.63, 3.8) is 0 Å². The summed E-state index contributed by atoms with van der Waals surface area (Å²) in [4.78, 5) is 23.9. The predicted octanol–water partition coefficient (Wildman–Crippen LogP) is 2.66. The summed E-state index contributed by atoms with van der Waals surface area (Å²) in [6.07, 6.45) is 4.62. The van der Waals surface area contributed by atoms with E-state index >= 15 is 0 Å². The maximum absolute atomic E-state index is 12.3. The molecule has 0 aromatic carbocycles. The van der Waals surface area contributed by atoms with Crippen LogP contribution in [0, 0.1) is 17.3 Å². The maximum Gasteiger partial charge on any atom is 0.407 e. The lowest BCUT2D eigenvalue weighted by atomic mass is 9.41. The van der Waals surface area contributed by atoms with Crippen LogP contribution in [0.2, 0.25) is 0 Å². The lowest BCUT2D eigenvalue weighted by Gasteiger charge is -2.62. The molecule has 1 amide bonds. The third kappa shape index (κ3) is 2.26. The molecule has 0 atom stereocenters. The minimum absolute atomic E-state index is 0.0756. The van der Waals surface area contributed by atoms with Gasteiger partial charge in [-0.1, -0.05) is 0 Å². The van der Waals surface area contributed by atoms with Crippen molar-refractivity contribution in [2.24, 2.45) is 17.3 Å². The normalized spacial score (nSPS) is 39.4. The molecular weight excluding hydrogens is 242 g/mol. The van der Waals surface area contributed by atoms with Crippen LogP contribution in [0.4, 0.5) is 4.79 Å². The van der Waals surface area contributed by atoms with Gasteiger partial charge in [-0.3, -0.25) is 4.79 Å². The molecule has 0 saturated heterocycles. The van der Waals surface area contributed by atoms with Gasteiger partial charge >= 0.3 is 6.09 Å². The molecule has 0 heterocycles. The Kier molecular flexibility index (Phi) is 2.70. The van der Waals surface area contributed by atoms with Crippen molar-refractivity contribution in [1.82, 2.24) is 5.32 Å². The van der Waals surface area contributed by atoms with Crippen molar-refractivity contribution in [3.05, 3.63) is 0 Å². The van der Waals surface area contributed by atoms with Crippen molar-refractivity contribution in [1.29, 1.82) is 0 Å². The number of alkyl carbamates (subject to hydrolysis) is 1. The van der Waals surface area contributed by atoms with Crippen LogP contribution in [-0.2, 0) is 9.53 Å². The van der Waals surface area contributed by atoms with Gasteiger partial charge in [-0.2, -0.15) is 0 Å². The molecule has 0 aromatic rings. The first-order chi connectivity index (χ1) is 8.77. The first kappa shape index (κ1) is 12.9. The second-order valence-corrected chi connectivity index (χ2v) is 7.63. The third-order valence-corrected chi connectivity index (χ3v) is 4.79. The Morgan fingerprint density at radius 1 is 1.16 bits per heavy atom. The van der Waals surface area contributed by atoms with Crippen molar-refractivity contribution in [2.75, 3.05) is 0 Å². The fraction of sp³-hybridized carbons (Fsp3) is 0.867. The number of ketones is 1. The fourth-order valence-corrected chi connectivity index (χ4v) is 3.64. The minimum atomic E-state index is -0.463. The number of rotatable bonds is 3. The van der Waals surface area contributed by atoms with Gasteiger partial charge in [0.25, 0.3) is 0 Å². The number of carbonyl (C=O) groups excluding carboxylic acids is 2. The number of hydrogen-bond acceptors (Lipinski definition) is 3. The van der Waals surface area contributed by atoms with Gasteiger partial charge in [0.15, 0.2) is 0 Å². The van der Waals surface area contributed by atoms with Crippen LogP contribution >= 0.6 is 0 Å². The van der Waals surface area contributed by atoms with E-state index in [1.165, 1.54) is 0 Å². The van der Waals surface area contributed by atoms with Crippen molar-refractivity contribution in [3.8, 4) is 0 Å². The van der Waals surface area contributed by atoms with Crippen molar-refractivity contribution < 1.29 is 14.3 Å². The quantitative estimate of drug-likeness (QED) is 0.853. The van der Waals surface area contributed by atoms with E-state index < -0.39 is 5.60 Å². The number of ether oxygens (including phenoxy) is 1. The average Bonchev–Trinajstić information content (AvgIpc) is 2.01. The maximum atomic E-state index is 12.3. The molecule has 4 nitrogen and oxygen atoms in total. The third-order valence-electron chi connectivity index (χ3n) is 4.79. The first-order valence-corrected chi connectivity index (χ1v) is 7.31. The Hall–Kier alpha value is -1.06. The Labute approximate surface area is 114 Å². The molecule has 4 rings (SSSR count). The van der Waals surface area contributed by atoms with E-state index in [1.54, 1.807) is 0 Å². The molecule has 2 bridgehead atoms. The summed E-state index contributed by atoms with van der Waals surface area (Å²) in [5, 5.41) is 2.84. The van der Waals surface area contributed by atoms with E-state index in [-0.39, 0.29) is 23.5 Å². The summed E-state index contributed by atoms with van der Waals surface area (Å²) in [7, 11) is 0. The molecule has 4 heteroatoms. The SMILES string of the molecule is CC(C)(C)OC(=O)NC1CC(C(=O)C23CC(C2)C3)C1. The second kappa shape index (κ2) is 3.97. The van der Waals surface area contributed by atoms with Gasteiger partial charge < -0.3 is 10.1 Å².